The van der Waals surface area contributed by atoms with Crippen LogP contribution in [0, 0.1) is 0 Å². The molecule has 0 radical (unpaired) electrons. The maximum absolute atomic E-state index is 13.1. The number of rotatable bonds is 4. The summed E-state index contributed by atoms with van der Waals surface area (Å²) < 4.78 is 5.88. The van der Waals surface area contributed by atoms with Crippen LogP contribution in [-0.4, -0.2) is 51.7 Å². The van der Waals surface area contributed by atoms with Gasteiger partial charge in [-0.2, -0.15) is 0 Å². The van der Waals surface area contributed by atoms with E-state index in [-0.39, 0.29) is 18.3 Å². The second-order valence-electron chi connectivity index (χ2n) is 7.48. The van der Waals surface area contributed by atoms with Crippen LogP contribution < -0.4 is 15.0 Å². The number of hydrogen-bond acceptors (Lipinski definition) is 6. The van der Waals surface area contributed by atoms with Crippen LogP contribution in [0.15, 0.2) is 60.8 Å². The van der Waals surface area contributed by atoms with Crippen molar-refractivity contribution in [1.82, 2.24) is 25.5 Å². The van der Waals surface area contributed by atoms with Crippen molar-refractivity contribution >= 4 is 28.4 Å². The normalized spacial score (nSPS) is 15.7. The smallest absolute Gasteiger partial charge is 0.291 e. The monoisotopic (exact) mass is 428 g/mol. The van der Waals surface area contributed by atoms with E-state index in [1.807, 2.05) is 42.5 Å². The number of hydrogen-bond donors (Lipinski definition) is 2. The highest BCUT2D eigenvalue weighted by molar-refractivity contribution is 6.08. The Morgan fingerprint density at radius 3 is 2.88 bits per heavy atom. The molecule has 2 aromatic heterocycles. The summed E-state index contributed by atoms with van der Waals surface area (Å²) in [6.45, 7) is -0.00498. The minimum atomic E-state index is -0.886. The summed E-state index contributed by atoms with van der Waals surface area (Å²) in [7, 11) is 1.66. The first-order valence-corrected chi connectivity index (χ1v) is 10.1. The van der Waals surface area contributed by atoms with Gasteiger partial charge in [0.2, 0.25) is 5.82 Å². The standard InChI is InChI=1S/C23H20N6O3/c1-29-20-15-8-5-11-24-16(15)9-10-18(20)32-13-17(23(29)31)25-22(30)21-26-19(27-28-21)12-14-6-3-2-4-7-14/h2-11,17H,12-13H2,1H3,(H,25,30)(H,26,27,28)/t17-/m0/s1. The van der Waals surface area contributed by atoms with Gasteiger partial charge in [0.25, 0.3) is 11.8 Å². The average Bonchev–Trinajstić information content (AvgIpc) is 3.25. The molecule has 3 heterocycles. The number of nitrogens with one attached hydrogen (secondary N) is 2. The summed E-state index contributed by atoms with van der Waals surface area (Å²) >= 11 is 0. The number of anilines is 1. The minimum Gasteiger partial charge on any atom is -0.489 e. The van der Waals surface area contributed by atoms with Gasteiger partial charge in [0.15, 0.2) is 0 Å². The fourth-order valence-electron chi connectivity index (χ4n) is 3.76. The number of nitrogens with zero attached hydrogens (tertiary/aromatic N) is 4. The summed E-state index contributed by atoms with van der Waals surface area (Å²) in [5.74, 6) is 0.249. The number of aromatic nitrogens is 4. The number of H-pyrrole nitrogens is 1. The highest BCUT2D eigenvalue weighted by Gasteiger charge is 2.32. The molecule has 2 aromatic carbocycles. The molecule has 2 amide bonds. The fourth-order valence-corrected chi connectivity index (χ4v) is 3.76. The lowest BCUT2D eigenvalue weighted by molar-refractivity contribution is -0.120. The summed E-state index contributed by atoms with van der Waals surface area (Å²) in [5.41, 5.74) is 2.42. The largest absolute Gasteiger partial charge is 0.489 e. The van der Waals surface area contributed by atoms with Gasteiger partial charge in [0.1, 0.15) is 24.2 Å². The Kier molecular flexibility index (Phi) is 4.98. The molecule has 32 heavy (non-hydrogen) atoms. The highest BCUT2D eigenvalue weighted by atomic mass is 16.5. The van der Waals surface area contributed by atoms with E-state index in [4.69, 9.17) is 4.74 Å². The maximum Gasteiger partial charge on any atom is 0.291 e. The molecular weight excluding hydrogens is 408 g/mol. The first-order chi connectivity index (χ1) is 15.6. The molecule has 160 valence electrons. The fraction of sp³-hybridized carbons (Fsp3) is 0.174. The molecule has 0 saturated heterocycles. The number of aromatic amines is 1. The quantitative estimate of drug-likeness (QED) is 0.515. The van der Waals surface area contributed by atoms with Crippen molar-refractivity contribution in [2.24, 2.45) is 0 Å². The molecule has 1 aliphatic heterocycles. The molecule has 1 atom stereocenters. The molecule has 1 aliphatic rings. The summed E-state index contributed by atoms with van der Waals surface area (Å²) in [6, 6.07) is 16.2. The molecule has 0 saturated carbocycles. The third-order valence-corrected chi connectivity index (χ3v) is 5.34. The van der Waals surface area contributed by atoms with E-state index in [0.717, 1.165) is 16.5 Å². The number of fused-ring (bicyclic) bond motifs is 3. The Balaban J connectivity index is 1.33. The maximum atomic E-state index is 13.1. The molecule has 2 N–H and O–H groups in total. The summed E-state index contributed by atoms with van der Waals surface area (Å²) in [5, 5.41) is 10.3. The van der Waals surface area contributed by atoms with Crippen molar-refractivity contribution in [3.05, 3.63) is 78.0 Å². The van der Waals surface area contributed by atoms with Crippen molar-refractivity contribution in [2.45, 2.75) is 12.5 Å². The number of ether oxygens (including phenoxy) is 1. The number of carbonyl (C=O) groups excluding carboxylic acids is 2. The van der Waals surface area contributed by atoms with Crippen molar-refractivity contribution < 1.29 is 14.3 Å². The molecule has 9 heteroatoms. The minimum absolute atomic E-state index is 0.00498. The zero-order valence-electron chi connectivity index (χ0n) is 17.3. The van der Waals surface area contributed by atoms with E-state index < -0.39 is 11.9 Å². The molecule has 0 spiro atoms. The van der Waals surface area contributed by atoms with Gasteiger partial charge in [-0.3, -0.25) is 19.7 Å². The van der Waals surface area contributed by atoms with Gasteiger partial charge in [-0.1, -0.05) is 30.3 Å². The molecule has 0 bridgehead atoms. The number of likely N-dealkylation sites (N-methyl/N-ethyl adjacent to an activating group) is 1. The van der Waals surface area contributed by atoms with Crippen LogP contribution in [0.1, 0.15) is 22.0 Å². The van der Waals surface area contributed by atoms with Crippen LogP contribution in [0.2, 0.25) is 0 Å². The topological polar surface area (TPSA) is 113 Å². The van der Waals surface area contributed by atoms with Crippen molar-refractivity contribution in [3.8, 4) is 5.75 Å². The predicted molar refractivity (Wildman–Crippen MR) is 118 cm³/mol. The average molecular weight is 428 g/mol. The number of benzene rings is 2. The Morgan fingerprint density at radius 2 is 2.03 bits per heavy atom. The first-order valence-electron chi connectivity index (χ1n) is 10.1. The molecule has 0 fully saturated rings. The lowest BCUT2D eigenvalue weighted by atomic mass is 10.1. The summed E-state index contributed by atoms with van der Waals surface area (Å²) in [6.07, 6.45) is 2.21. The molecule has 9 nitrogen and oxygen atoms in total. The van der Waals surface area contributed by atoms with Crippen LogP contribution in [0.25, 0.3) is 10.9 Å². The van der Waals surface area contributed by atoms with E-state index in [9.17, 15) is 9.59 Å². The van der Waals surface area contributed by atoms with E-state index in [2.05, 4.69) is 25.5 Å². The molecular formula is C23H20N6O3. The molecule has 0 aliphatic carbocycles. The lowest BCUT2D eigenvalue weighted by Crippen LogP contribution is -2.49. The lowest BCUT2D eigenvalue weighted by Gasteiger charge is -2.21. The van der Waals surface area contributed by atoms with E-state index in [0.29, 0.717) is 23.7 Å². The predicted octanol–water partition coefficient (Wildman–Crippen LogP) is 2.10. The highest BCUT2D eigenvalue weighted by Crippen LogP contribution is 2.37. The van der Waals surface area contributed by atoms with Crippen molar-refractivity contribution in [2.75, 3.05) is 18.6 Å². The number of amides is 2. The second kappa shape index (κ2) is 8.10. The SMILES string of the molecule is CN1C(=O)[C@@H](NC(=O)c2n[nH]c(Cc3ccccc3)n2)COc2ccc3ncccc3c21. The van der Waals surface area contributed by atoms with Crippen LogP contribution in [-0.2, 0) is 11.2 Å². The van der Waals surface area contributed by atoms with Gasteiger partial charge in [-0.15, -0.1) is 5.10 Å². The number of pyridine rings is 1. The second-order valence-corrected chi connectivity index (χ2v) is 7.48. The molecule has 5 rings (SSSR count). The molecule has 0 unspecified atom stereocenters. The Bertz CT molecular complexity index is 1300. The van der Waals surface area contributed by atoms with Gasteiger partial charge in [-0.25, -0.2) is 4.98 Å². The van der Waals surface area contributed by atoms with Crippen LogP contribution >= 0.6 is 0 Å². The zero-order valence-corrected chi connectivity index (χ0v) is 17.3. The van der Waals surface area contributed by atoms with Gasteiger partial charge < -0.3 is 15.0 Å². The Hall–Kier alpha value is -4.27. The van der Waals surface area contributed by atoms with Crippen molar-refractivity contribution in [3.63, 3.8) is 0 Å². The van der Waals surface area contributed by atoms with Gasteiger partial charge >= 0.3 is 0 Å². The zero-order chi connectivity index (χ0) is 22.1. The van der Waals surface area contributed by atoms with Gasteiger partial charge in [0, 0.05) is 25.1 Å². The van der Waals surface area contributed by atoms with E-state index in [1.54, 1.807) is 25.4 Å². The van der Waals surface area contributed by atoms with Crippen LogP contribution in [0.4, 0.5) is 5.69 Å². The Morgan fingerprint density at radius 1 is 1.19 bits per heavy atom. The first kappa shape index (κ1) is 19.7. The van der Waals surface area contributed by atoms with Crippen LogP contribution in [0.5, 0.6) is 5.75 Å². The number of carbonyl (C=O) groups is 2. The van der Waals surface area contributed by atoms with Gasteiger partial charge in [0.05, 0.1) is 11.2 Å². The van der Waals surface area contributed by atoms with Crippen LogP contribution in [0.3, 0.4) is 0 Å². The Labute approximate surface area is 183 Å². The van der Waals surface area contributed by atoms with E-state index >= 15 is 0 Å². The third-order valence-electron chi connectivity index (χ3n) is 5.34. The molecule has 4 aromatic rings. The van der Waals surface area contributed by atoms with Gasteiger partial charge in [-0.05, 0) is 29.8 Å². The third kappa shape index (κ3) is 3.64. The van der Waals surface area contributed by atoms with Crippen molar-refractivity contribution in [1.29, 1.82) is 0 Å². The van der Waals surface area contributed by atoms with E-state index in [1.165, 1.54) is 4.90 Å². The summed E-state index contributed by atoms with van der Waals surface area (Å²) in [4.78, 5) is 36.0.